The summed E-state index contributed by atoms with van der Waals surface area (Å²) < 4.78 is 34.3. The Bertz CT molecular complexity index is 278. The predicted molar refractivity (Wildman–Crippen MR) is 115 cm³/mol. The van der Waals surface area contributed by atoms with Gasteiger partial charge < -0.3 is 28.4 Å². The van der Waals surface area contributed by atoms with Gasteiger partial charge in [-0.1, -0.05) is 48.0 Å². The maximum atomic E-state index is 5.92. The molecule has 1 aliphatic rings. The second-order valence-electron chi connectivity index (χ2n) is 5.97. The van der Waals surface area contributed by atoms with Gasteiger partial charge in [-0.25, -0.2) is 0 Å². The van der Waals surface area contributed by atoms with E-state index in [9.17, 15) is 0 Å². The van der Waals surface area contributed by atoms with Gasteiger partial charge in [-0.3, -0.25) is 0 Å². The first kappa shape index (κ1) is 30.0. The molecule has 0 aromatic carbocycles. The van der Waals surface area contributed by atoms with Gasteiger partial charge in [-0.15, -0.1) is 0 Å². The number of hydrogen-bond acceptors (Lipinski definition) is 6. The predicted octanol–water partition coefficient (Wildman–Crippen LogP) is 4.49. The monoisotopic (exact) mass is 408 g/mol. The third-order valence-corrected chi connectivity index (χ3v) is 3.98. The van der Waals surface area contributed by atoms with Crippen LogP contribution < -0.4 is 0 Å². The maximum absolute atomic E-state index is 5.92. The zero-order valence-corrected chi connectivity index (χ0v) is 19.7. The Morgan fingerprint density at radius 1 is 0.643 bits per heavy atom. The molecule has 0 saturated carbocycles. The largest absolute Gasteiger partial charge is 0.377 e. The first-order valence-electron chi connectivity index (χ1n) is 11.4. The summed E-state index contributed by atoms with van der Waals surface area (Å²) in [7, 11) is 0. The lowest BCUT2D eigenvalue weighted by atomic mass is 10.1. The van der Waals surface area contributed by atoms with Crippen molar-refractivity contribution in [3.8, 4) is 0 Å². The van der Waals surface area contributed by atoms with Gasteiger partial charge in [0.2, 0.25) is 0 Å². The highest BCUT2D eigenvalue weighted by Crippen LogP contribution is 2.11. The van der Waals surface area contributed by atoms with Crippen molar-refractivity contribution in [2.75, 3.05) is 59.5 Å². The smallest absolute Gasteiger partial charge is 0.0835 e. The van der Waals surface area contributed by atoms with Gasteiger partial charge >= 0.3 is 0 Å². The minimum atomic E-state index is 0.0523. The van der Waals surface area contributed by atoms with Gasteiger partial charge in [0.15, 0.2) is 0 Å². The molecule has 28 heavy (non-hydrogen) atoms. The van der Waals surface area contributed by atoms with Crippen LogP contribution in [0, 0.1) is 0 Å². The molecule has 0 N–H and O–H groups in total. The van der Waals surface area contributed by atoms with Gasteiger partial charge in [0, 0.05) is 0 Å². The van der Waals surface area contributed by atoms with Crippen molar-refractivity contribution in [3.05, 3.63) is 0 Å². The van der Waals surface area contributed by atoms with E-state index in [4.69, 9.17) is 28.4 Å². The summed E-state index contributed by atoms with van der Waals surface area (Å²) in [6.45, 7) is 19.5. The summed E-state index contributed by atoms with van der Waals surface area (Å²) in [5, 5.41) is 0. The fraction of sp³-hybridized carbons (Fsp3) is 1.00. The van der Waals surface area contributed by atoms with Crippen LogP contribution in [0.5, 0.6) is 0 Å². The highest BCUT2D eigenvalue weighted by Gasteiger charge is 2.17. The zero-order valence-electron chi connectivity index (χ0n) is 19.7. The topological polar surface area (TPSA) is 55.4 Å². The quantitative estimate of drug-likeness (QED) is 0.686. The number of hydrogen-bond donors (Lipinski definition) is 0. The highest BCUT2D eigenvalue weighted by atomic mass is 16.6. The second-order valence-corrected chi connectivity index (χ2v) is 5.97. The molecule has 0 radical (unpaired) electrons. The van der Waals surface area contributed by atoms with Crippen LogP contribution in [0.4, 0.5) is 0 Å². The summed E-state index contributed by atoms with van der Waals surface area (Å²) in [5.74, 6) is 0. The van der Waals surface area contributed by atoms with Crippen molar-refractivity contribution in [2.24, 2.45) is 0 Å². The summed E-state index contributed by atoms with van der Waals surface area (Å²) in [5.41, 5.74) is 0. The van der Waals surface area contributed by atoms with E-state index in [0.29, 0.717) is 59.5 Å². The lowest BCUT2D eigenvalue weighted by Gasteiger charge is -2.24. The normalized spacial score (nSPS) is 26.5. The van der Waals surface area contributed by atoms with Crippen LogP contribution >= 0.6 is 0 Å². The zero-order chi connectivity index (χ0) is 21.5. The molecule has 0 aromatic heterocycles. The fourth-order valence-electron chi connectivity index (χ4n) is 2.49. The van der Waals surface area contributed by atoms with Crippen LogP contribution in [0.15, 0.2) is 0 Å². The molecule has 0 aromatic rings. The van der Waals surface area contributed by atoms with Crippen molar-refractivity contribution < 1.29 is 28.4 Å². The average Bonchev–Trinajstić information content (AvgIpc) is 2.74. The van der Waals surface area contributed by atoms with Gasteiger partial charge in [0.25, 0.3) is 0 Å². The van der Waals surface area contributed by atoms with Gasteiger partial charge in [0.05, 0.1) is 77.8 Å². The van der Waals surface area contributed by atoms with Crippen molar-refractivity contribution in [1.29, 1.82) is 0 Å². The Hall–Kier alpha value is -0.240. The van der Waals surface area contributed by atoms with E-state index in [2.05, 4.69) is 20.8 Å². The van der Waals surface area contributed by atoms with E-state index >= 15 is 0 Å². The van der Waals surface area contributed by atoms with E-state index in [1.54, 1.807) is 0 Å². The third kappa shape index (κ3) is 17.8. The van der Waals surface area contributed by atoms with Gasteiger partial charge in [0.1, 0.15) is 0 Å². The average molecular weight is 409 g/mol. The standard InChI is InChI=1S/C18H36O6.2C2H6/c1-4-6-18-16(3)22-12-9-20-10-13-23-17(5-2)15-21-8-7-19-11-14-24-18;2*1-2/h16-18H,4-15H2,1-3H3;2*1-2H3. The minimum Gasteiger partial charge on any atom is -0.377 e. The molecule has 1 rings (SSSR count). The van der Waals surface area contributed by atoms with E-state index in [1.807, 2.05) is 27.7 Å². The molecule has 6 nitrogen and oxygen atoms in total. The number of ether oxygens (including phenoxy) is 6. The second kappa shape index (κ2) is 24.8. The molecule has 172 valence electrons. The molecular formula is C22H48O6. The first-order chi connectivity index (χ1) is 13.8. The van der Waals surface area contributed by atoms with Gasteiger partial charge in [-0.2, -0.15) is 0 Å². The molecule has 0 amide bonds. The molecule has 6 heteroatoms. The molecule has 3 unspecified atom stereocenters. The maximum Gasteiger partial charge on any atom is 0.0835 e. The molecule has 0 aliphatic carbocycles. The van der Waals surface area contributed by atoms with E-state index in [-0.39, 0.29) is 18.3 Å². The Kier molecular flexibility index (Phi) is 26.5. The molecule has 1 aliphatic heterocycles. The Labute approximate surface area is 174 Å². The summed E-state index contributed by atoms with van der Waals surface area (Å²) in [4.78, 5) is 0. The molecule has 0 bridgehead atoms. The molecule has 0 spiro atoms. The minimum absolute atomic E-state index is 0.0523. The SMILES string of the molecule is CC.CC.CCCC1OCCOCCOCC(CC)OCCOCCOC1C. The van der Waals surface area contributed by atoms with Crippen molar-refractivity contribution >= 4 is 0 Å². The molecule has 1 heterocycles. The molecule has 1 fully saturated rings. The van der Waals surface area contributed by atoms with Crippen LogP contribution in [0.1, 0.15) is 67.7 Å². The van der Waals surface area contributed by atoms with Crippen LogP contribution in [0.3, 0.4) is 0 Å². The van der Waals surface area contributed by atoms with Crippen LogP contribution in [0.2, 0.25) is 0 Å². The van der Waals surface area contributed by atoms with Crippen molar-refractivity contribution in [1.82, 2.24) is 0 Å². The van der Waals surface area contributed by atoms with Crippen molar-refractivity contribution in [2.45, 2.75) is 86.0 Å². The van der Waals surface area contributed by atoms with Crippen molar-refractivity contribution in [3.63, 3.8) is 0 Å². The van der Waals surface area contributed by atoms with Crippen LogP contribution in [-0.4, -0.2) is 77.8 Å². The van der Waals surface area contributed by atoms with Gasteiger partial charge in [-0.05, 0) is 19.8 Å². The van der Waals surface area contributed by atoms with Crippen LogP contribution in [0.25, 0.3) is 0 Å². The van der Waals surface area contributed by atoms with E-state index in [0.717, 1.165) is 19.3 Å². The number of rotatable bonds is 3. The third-order valence-electron chi connectivity index (χ3n) is 3.98. The lowest BCUT2D eigenvalue weighted by Crippen LogP contribution is -2.31. The molecular weight excluding hydrogens is 360 g/mol. The summed E-state index contributed by atoms with van der Waals surface area (Å²) in [6, 6.07) is 0. The summed E-state index contributed by atoms with van der Waals surface area (Å²) in [6.07, 6.45) is 3.24. The summed E-state index contributed by atoms with van der Waals surface area (Å²) >= 11 is 0. The Morgan fingerprint density at radius 2 is 1.14 bits per heavy atom. The highest BCUT2D eigenvalue weighted by molar-refractivity contribution is 4.66. The van der Waals surface area contributed by atoms with Crippen LogP contribution in [-0.2, 0) is 28.4 Å². The Morgan fingerprint density at radius 3 is 1.71 bits per heavy atom. The fourth-order valence-corrected chi connectivity index (χ4v) is 2.49. The Balaban J connectivity index is 0. The van der Waals surface area contributed by atoms with E-state index < -0.39 is 0 Å². The molecule has 1 saturated heterocycles. The van der Waals surface area contributed by atoms with E-state index in [1.165, 1.54) is 0 Å². The first-order valence-corrected chi connectivity index (χ1v) is 11.4. The lowest BCUT2D eigenvalue weighted by molar-refractivity contribution is -0.0995. The molecule has 3 atom stereocenters.